The summed E-state index contributed by atoms with van der Waals surface area (Å²) < 4.78 is 22.6. The summed E-state index contributed by atoms with van der Waals surface area (Å²) in [5.74, 6) is 0.412. The van der Waals surface area contributed by atoms with E-state index < -0.39 is 9.84 Å². The van der Waals surface area contributed by atoms with Crippen LogP contribution in [0, 0.1) is 0 Å². The monoisotopic (exact) mass is 288 g/mol. The summed E-state index contributed by atoms with van der Waals surface area (Å²) in [4.78, 5) is 11.8. The van der Waals surface area contributed by atoms with Gasteiger partial charge in [-0.15, -0.1) is 0 Å². The lowest BCUT2D eigenvalue weighted by molar-refractivity contribution is -0.121. The van der Waals surface area contributed by atoms with Gasteiger partial charge in [-0.1, -0.05) is 25.7 Å². The Bertz CT molecular complexity index is 400. The number of rotatable bonds is 4. The van der Waals surface area contributed by atoms with Crippen molar-refractivity contribution in [2.45, 2.75) is 57.0 Å². The van der Waals surface area contributed by atoms with Crippen molar-refractivity contribution in [2.75, 3.05) is 18.1 Å². The minimum absolute atomic E-state index is 0.00352. The summed E-state index contributed by atoms with van der Waals surface area (Å²) in [6.45, 7) is 0.233. The second-order valence-corrected chi connectivity index (χ2v) is 7.97. The van der Waals surface area contributed by atoms with E-state index in [1.165, 1.54) is 25.7 Å². The molecule has 1 amide bonds. The average Bonchev–Trinajstić information content (AvgIpc) is 2.55. The van der Waals surface area contributed by atoms with Crippen LogP contribution >= 0.6 is 0 Å². The first-order valence-electron chi connectivity index (χ1n) is 7.28. The predicted molar refractivity (Wildman–Crippen MR) is 74.7 cm³/mol. The molecular formula is C13H24N2O3S. The summed E-state index contributed by atoms with van der Waals surface area (Å²) in [7, 11) is -2.87. The largest absolute Gasteiger partial charge is 0.352 e. The van der Waals surface area contributed by atoms with Crippen molar-refractivity contribution in [2.24, 2.45) is 0 Å². The van der Waals surface area contributed by atoms with Crippen LogP contribution in [0.2, 0.25) is 0 Å². The van der Waals surface area contributed by atoms with Gasteiger partial charge in [0.25, 0.3) is 0 Å². The fourth-order valence-corrected chi connectivity index (χ4v) is 4.60. The van der Waals surface area contributed by atoms with Crippen molar-refractivity contribution in [1.82, 2.24) is 10.6 Å². The van der Waals surface area contributed by atoms with Crippen molar-refractivity contribution in [3.8, 4) is 0 Å². The topological polar surface area (TPSA) is 75.3 Å². The van der Waals surface area contributed by atoms with Crippen LogP contribution in [0.5, 0.6) is 0 Å². The van der Waals surface area contributed by atoms with Gasteiger partial charge in [0.2, 0.25) is 5.91 Å². The maximum absolute atomic E-state index is 11.8. The SMILES string of the molecule is O=C(CNC1CCS(=O)(=O)C1)NC1CCCCCC1. The van der Waals surface area contributed by atoms with E-state index in [-0.39, 0.29) is 30.0 Å². The quantitative estimate of drug-likeness (QED) is 0.743. The van der Waals surface area contributed by atoms with Crippen molar-refractivity contribution < 1.29 is 13.2 Å². The minimum Gasteiger partial charge on any atom is -0.352 e. The highest BCUT2D eigenvalue weighted by atomic mass is 32.2. The molecule has 6 heteroatoms. The number of nitrogens with one attached hydrogen (secondary N) is 2. The third-order valence-corrected chi connectivity index (χ3v) is 5.77. The van der Waals surface area contributed by atoms with Crippen molar-refractivity contribution in [3.05, 3.63) is 0 Å². The van der Waals surface area contributed by atoms with Gasteiger partial charge in [0.15, 0.2) is 9.84 Å². The fraction of sp³-hybridized carbons (Fsp3) is 0.923. The van der Waals surface area contributed by atoms with E-state index in [0.717, 1.165) is 12.8 Å². The Balaban J connectivity index is 1.67. The van der Waals surface area contributed by atoms with Crippen molar-refractivity contribution in [3.63, 3.8) is 0 Å². The Morgan fingerprint density at radius 1 is 1.00 bits per heavy atom. The molecule has 110 valence electrons. The first-order valence-corrected chi connectivity index (χ1v) is 9.10. The van der Waals surface area contributed by atoms with E-state index in [9.17, 15) is 13.2 Å². The summed E-state index contributed by atoms with van der Waals surface area (Å²) in [5, 5.41) is 6.10. The number of hydrogen-bond acceptors (Lipinski definition) is 4. The van der Waals surface area contributed by atoms with Crippen LogP contribution in [0.3, 0.4) is 0 Å². The van der Waals surface area contributed by atoms with Crippen molar-refractivity contribution in [1.29, 1.82) is 0 Å². The molecule has 0 radical (unpaired) electrons. The standard InChI is InChI=1S/C13H24N2O3S/c16-13(15-11-5-3-1-2-4-6-11)9-14-12-7-8-19(17,18)10-12/h11-12,14H,1-10H2,(H,15,16). The maximum Gasteiger partial charge on any atom is 0.234 e. The van der Waals surface area contributed by atoms with Crippen LogP contribution in [0.25, 0.3) is 0 Å². The highest BCUT2D eigenvalue weighted by Gasteiger charge is 2.27. The molecule has 1 unspecified atom stereocenters. The number of carbonyl (C=O) groups excluding carboxylic acids is 1. The summed E-state index contributed by atoms with van der Waals surface area (Å²) in [6.07, 6.45) is 7.69. The van der Waals surface area contributed by atoms with Gasteiger partial charge in [0, 0.05) is 12.1 Å². The van der Waals surface area contributed by atoms with Crippen LogP contribution < -0.4 is 10.6 Å². The fourth-order valence-electron chi connectivity index (χ4n) is 2.90. The van der Waals surface area contributed by atoms with Gasteiger partial charge in [-0.2, -0.15) is 0 Å². The Hall–Kier alpha value is -0.620. The zero-order valence-corrected chi connectivity index (χ0v) is 12.2. The van der Waals surface area contributed by atoms with E-state index in [1.807, 2.05) is 0 Å². The number of carbonyl (C=O) groups is 1. The molecule has 2 aliphatic rings. The van der Waals surface area contributed by atoms with E-state index in [2.05, 4.69) is 10.6 Å². The van der Waals surface area contributed by atoms with Crippen LogP contribution in [0.15, 0.2) is 0 Å². The van der Waals surface area contributed by atoms with Gasteiger partial charge < -0.3 is 10.6 Å². The van der Waals surface area contributed by atoms with E-state index >= 15 is 0 Å². The Kier molecular flexibility index (Phi) is 5.21. The molecule has 1 atom stereocenters. The molecule has 1 aliphatic carbocycles. The van der Waals surface area contributed by atoms with Gasteiger partial charge in [0.1, 0.15) is 0 Å². The normalized spacial score (nSPS) is 27.9. The lowest BCUT2D eigenvalue weighted by Crippen LogP contribution is -2.43. The first kappa shape index (κ1) is 14.8. The van der Waals surface area contributed by atoms with E-state index in [1.54, 1.807) is 0 Å². The number of hydrogen-bond donors (Lipinski definition) is 2. The van der Waals surface area contributed by atoms with Crippen LogP contribution in [0.4, 0.5) is 0 Å². The van der Waals surface area contributed by atoms with E-state index in [4.69, 9.17) is 0 Å². The smallest absolute Gasteiger partial charge is 0.234 e. The molecule has 5 nitrogen and oxygen atoms in total. The summed E-state index contributed by atoms with van der Waals surface area (Å²) >= 11 is 0. The van der Waals surface area contributed by atoms with Crippen molar-refractivity contribution >= 4 is 15.7 Å². The molecule has 1 heterocycles. The van der Waals surface area contributed by atoms with Gasteiger partial charge in [-0.05, 0) is 19.3 Å². The number of amides is 1. The molecule has 0 aromatic carbocycles. The second-order valence-electron chi connectivity index (χ2n) is 5.74. The Morgan fingerprint density at radius 2 is 1.68 bits per heavy atom. The van der Waals surface area contributed by atoms with E-state index in [0.29, 0.717) is 12.5 Å². The predicted octanol–water partition coefficient (Wildman–Crippen LogP) is 0.602. The Labute approximate surface area is 115 Å². The van der Waals surface area contributed by atoms with Crippen LogP contribution in [0.1, 0.15) is 44.9 Å². The highest BCUT2D eigenvalue weighted by Crippen LogP contribution is 2.17. The number of sulfone groups is 1. The Morgan fingerprint density at radius 3 is 2.26 bits per heavy atom. The zero-order chi connectivity index (χ0) is 13.7. The third kappa shape index (κ3) is 5.10. The molecule has 0 spiro atoms. The highest BCUT2D eigenvalue weighted by molar-refractivity contribution is 7.91. The molecule has 19 heavy (non-hydrogen) atoms. The lowest BCUT2D eigenvalue weighted by Gasteiger charge is -2.17. The average molecular weight is 288 g/mol. The van der Waals surface area contributed by atoms with Gasteiger partial charge in [0.05, 0.1) is 18.1 Å². The second kappa shape index (κ2) is 6.70. The van der Waals surface area contributed by atoms with Crippen LogP contribution in [-0.2, 0) is 14.6 Å². The molecule has 1 saturated carbocycles. The third-order valence-electron chi connectivity index (χ3n) is 4.00. The molecule has 1 saturated heterocycles. The molecule has 0 aromatic rings. The summed E-state index contributed by atoms with van der Waals surface area (Å²) in [5.41, 5.74) is 0. The molecule has 1 aliphatic heterocycles. The van der Waals surface area contributed by atoms with Crippen LogP contribution in [-0.4, -0.2) is 44.5 Å². The summed E-state index contributed by atoms with van der Waals surface area (Å²) in [6, 6.07) is 0.258. The molecule has 0 bridgehead atoms. The van der Waals surface area contributed by atoms with Gasteiger partial charge >= 0.3 is 0 Å². The first-order chi connectivity index (χ1) is 9.05. The zero-order valence-electron chi connectivity index (χ0n) is 11.4. The molecule has 2 N–H and O–H groups in total. The molecule has 2 fully saturated rings. The molecule has 2 rings (SSSR count). The maximum atomic E-state index is 11.8. The minimum atomic E-state index is -2.87. The molecular weight excluding hydrogens is 264 g/mol. The van der Waals surface area contributed by atoms with Gasteiger partial charge in [-0.25, -0.2) is 8.42 Å². The molecule has 0 aromatic heterocycles. The lowest BCUT2D eigenvalue weighted by atomic mass is 10.1. The van der Waals surface area contributed by atoms with Gasteiger partial charge in [-0.3, -0.25) is 4.79 Å².